The average Bonchev–Trinajstić information content (AvgIpc) is 2.82. The molecular weight excluding hydrogens is 205 g/mol. The van der Waals surface area contributed by atoms with E-state index in [9.17, 15) is 4.39 Å². The van der Waals surface area contributed by atoms with Gasteiger partial charge in [-0.1, -0.05) is 12.1 Å². The lowest BCUT2D eigenvalue weighted by Crippen LogP contribution is -2.39. The van der Waals surface area contributed by atoms with Crippen molar-refractivity contribution >= 4 is 0 Å². The van der Waals surface area contributed by atoms with Crippen LogP contribution in [0.25, 0.3) is 0 Å². The molecule has 16 heavy (non-hydrogen) atoms. The van der Waals surface area contributed by atoms with E-state index in [1.165, 1.54) is 12.1 Å². The minimum absolute atomic E-state index is 0.179. The van der Waals surface area contributed by atoms with Crippen molar-refractivity contribution < 1.29 is 9.13 Å². The average molecular weight is 223 g/mol. The van der Waals surface area contributed by atoms with Gasteiger partial charge >= 0.3 is 0 Å². The third-order valence-electron chi connectivity index (χ3n) is 3.15. The fourth-order valence-electron chi connectivity index (χ4n) is 2.21. The maximum absolute atomic E-state index is 12.8. The highest BCUT2D eigenvalue weighted by Gasteiger charge is 2.24. The molecule has 2 rings (SSSR count). The SMILES string of the molecule is CN[C@@H](Cc1ccc(F)cc1)[C@@H]1CCCO1. The molecular formula is C13H18FNO. The van der Waals surface area contributed by atoms with E-state index in [0.29, 0.717) is 12.1 Å². The maximum Gasteiger partial charge on any atom is 0.123 e. The van der Waals surface area contributed by atoms with Crippen molar-refractivity contribution in [3.05, 3.63) is 35.6 Å². The molecule has 3 heteroatoms. The van der Waals surface area contributed by atoms with Crippen LogP contribution in [-0.4, -0.2) is 25.8 Å². The summed E-state index contributed by atoms with van der Waals surface area (Å²) in [4.78, 5) is 0. The van der Waals surface area contributed by atoms with Crippen LogP contribution in [-0.2, 0) is 11.2 Å². The second-order valence-electron chi connectivity index (χ2n) is 4.28. The van der Waals surface area contributed by atoms with E-state index in [2.05, 4.69) is 5.32 Å². The van der Waals surface area contributed by atoms with Crippen molar-refractivity contribution in [2.45, 2.75) is 31.4 Å². The normalized spacial score (nSPS) is 22.2. The van der Waals surface area contributed by atoms with Gasteiger partial charge in [0.25, 0.3) is 0 Å². The highest BCUT2D eigenvalue weighted by atomic mass is 19.1. The lowest BCUT2D eigenvalue weighted by molar-refractivity contribution is 0.0808. The Bertz CT molecular complexity index is 319. The number of likely N-dealkylation sites (N-methyl/N-ethyl adjacent to an activating group) is 1. The quantitative estimate of drug-likeness (QED) is 0.844. The van der Waals surface area contributed by atoms with E-state index in [1.807, 2.05) is 19.2 Å². The van der Waals surface area contributed by atoms with Crippen LogP contribution in [0.1, 0.15) is 18.4 Å². The number of hydrogen-bond donors (Lipinski definition) is 1. The van der Waals surface area contributed by atoms with Crippen LogP contribution in [0, 0.1) is 5.82 Å². The summed E-state index contributed by atoms with van der Waals surface area (Å²) in [7, 11) is 1.95. The van der Waals surface area contributed by atoms with Gasteiger partial charge in [-0.15, -0.1) is 0 Å². The van der Waals surface area contributed by atoms with Gasteiger partial charge in [-0.2, -0.15) is 0 Å². The second-order valence-corrected chi connectivity index (χ2v) is 4.28. The summed E-state index contributed by atoms with van der Waals surface area (Å²) >= 11 is 0. The van der Waals surface area contributed by atoms with Gasteiger partial charge in [-0.25, -0.2) is 4.39 Å². The molecule has 2 atom stereocenters. The summed E-state index contributed by atoms with van der Waals surface area (Å²) in [6.07, 6.45) is 3.45. The summed E-state index contributed by atoms with van der Waals surface area (Å²) < 4.78 is 18.4. The number of benzene rings is 1. The molecule has 1 aromatic rings. The zero-order valence-electron chi connectivity index (χ0n) is 9.58. The molecule has 0 aromatic heterocycles. The monoisotopic (exact) mass is 223 g/mol. The molecule has 0 unspecified atom stereocenters. The Labute approximate surface area is 95.8 Å². The number of halogens is 1. The summed E-state index contributed by atoms with van der Waals surface area (Å²) in [6.45, 7) is 0.867. The molecule has 1 N–H and O–H groups in total. The zero-order chi connectivity index (χ0) is 11.4. The van der Waals surface area contributed by atoms with Gasteiger partial charge in [0, 0.05) is 12.6 Å². The lowest BCUT2D eigenvalue weighted by atomic mass is 9.99. The van der Waals surface area contributed by atoms with Gasteiger partial charge in [0.05, 0.1) is 6.10 Å². The van der Waals surface area contributed by atoms with Crippen molar-refractivity contribution in [2.24, 2.45) is 0 Å². The zero-order valence-corrected chi connectivity index (χ0v) is 9.58. The van der Waals surface area contributed by atoms with Gasteiger partial charge in [0.2, 0.25) is 0 Å². The van der Waals surface area contributed by atoms with Gasteiger partial charge in [0.15, 0.2) is 0 Å². The molecule has 0 bridgehead atoms. The van der Waals surface area contributed by atoms with Gasteiger partial charge in [-0.05, 0) is 44.0 Å². The first-order valence-corrected chi connectivity index (χ1v) is 5.83. The van der Waals surface area contributed by atoms with Crippen molar-refractivity contribution in [1.82, 2.24) is 5.32 Å². The number of nitrogens with one attached hydrogen (secondary N) is 1. The van der Waals surface area contributed by atoms with Crippen LogP contribution in [0.3, 0.4) is 0 Å². The van der Waals surface area contributed by atoms with Crippen LogP contribution < -0.4 is 5.32 Å². The Balaban J connectivity index is 1.97. The number of hydrogen-bond acceptors (Lipinski definition) is 2. The smallest absolute Gasteiger partial charge is 0.123 e. The molecule has 1 saturated heterocycles. The van der Waals surface area contributed by atoms with E-state index in [0.717, 1.165) is 31.4 Å². The van der Waals surface area contributed by atoms with Gasteiger partial charge in [0.1, 0.15) is 5.82 Å². The van der Waals surface area contributed by atoms with E-state index >= 15 is 0 Å². The standard InChI is InChI=1S/C13H18FNO/c1-15-12(13-3-2-8-16-13)9-10-4-6-11(14)7-5-10/h4-7,12-13,15H,2-3,8-9H2,1H3/t12-,13-/m0/s1. The van der Waals surface area contributed by atoms with Gasteiger partial charge in [-0.3, -0.25) is 0 Å². The van der Waals surface area contributed by atoms with Crippen molar-refractivity contribution in [1.29, 1.82) is 0 Å². The third kappa shape index (κ3) is 2.80. The predicted molar refractivity (Wildman–Crippen MR) is 61.9 cm³/mol. The van der Waals surface area contributed by atoms with Crippen LogP contribution in [0.5, 0.6) is 0 Å². The largest absolute Gasteiger partial charge is 0.377 e. The fourth-order valence-corrected chi connectivity index (χ4v) is 2.21. The molecule has 1 aliphatic rings. The molecule has 1 aliphatic heterocycles. The molecule has 1 fully saturated rings. The van der Waals surface area contributed by atoms with Crippen LogP contribution >= 0.6 is 0 Å². The maximum atomic E-state index is 12.8. The predicted octanol–water partition coefficient (Wildman–Crippen LogP) is 2.14. The first kappa shape index (κ1) is 11.6. The molecule has 2 nitrogen and oxygen atoms in total. The first-order valence-electron chi connectivity index (χ1n) is 5.83. The van der Waals surface area contributed by atoms with E-state index in [-0.39, 0.29) is 5.82 Å². The van der Waals surface area contributed by atoms with Crippen LogP contribution in [0.2, 0.25) is 0 Å². The Kier molecular flexibility index (Phi) is 3.91. The Morgan fingerprint density at radius 2 is 2.19 bits per heavy atom. The molecule has 0 aliphatic carbocycles. The molecule has 1 aromatic carbocycles. The minimum Gasteiger partial charge on any atom is -0.377 e. The highest BCUT2D eigenvalue weighted by Crippen LogP contribution is 2.18. The molecule has 0 saturated carbocycles. The van der Waals surface area contributed by atoms with E-state index in [4.69, 9.17) is 4.74 Å². The molecule has 0 radical (unpaired) electrons. The number of ether oxygens (including phenoxy) is 1. The van der Waals surface area contributed by atoms with Crippen molar-refractivity contribution in [3.63, 3.8) is 0 Å². The Morgan fingerprint density at radius 3 is 2.75 bits per heavy atom. The fraction of sp³-hybridized carbons (Fsp3) is 0.538. The molecule has 88 valence electrons. The summed E-state index contributed by atoms with van der Waals surface area (Å²) in [6, 6.07) is 7.03. The first-order chi connectivity index (χ1) is 7.79. The molecule has 0 spiro atoms. The van der Waals surface area contributed by atoms with Crippen LogP contribution in [0.4, 0.5) is 4.39 Å². The second kappa shape index (κ2) is 5.41. The Hall–Kier alpha value is -0.930. The topological polar surface area (TPSA) is 21.3 Å². The lowest BCUT2D eigenvalue weighted by Gasteiger charge is -2.22. The minimum atomic E-state index is -0.179. The van der Waals surface area contributed by atoms with E-state index in [1.54, 1.807) is 0 Å². The third-order valence-corrected chi connectivity index (χ3v) is 3.15. The van der Waals surface area contributed by atoms with Crippen molar-refractivity contribution in [3.8, 4) is 0 Å². The molecule has 0 amide bonds. The Morgan fingerprint density at radius 1 is 1.44 bits per heavy atom. The van der Waals surface area contributed by atoms with Gasteiger partial charge < -0.3 is 10.1 Å². The summed E-state index contributed by atoms with van der Waals surface area (Å²) in [5.74, 6) is -0.179. The van der Waals surface area contributed by atoms with Crippen LogP contribution in [0.15, 0.2) is 24.3 Å². The molecule has 1 heterocycles. The number of rotatable bonds is 4. The highest BCUT2D eigenvalue weighted by molar-refractivity contribution is 5.17. The van der Waals surface area contributed by atoms with Crippen molar-refractivity contribution in [2.75, 3.05) is 13.7 Å². The van der Waals surface area contributed by atoms with E-state index < -0.39 is 0 Å². The summed E-state index contributed by atoms with van der Waals surface area (Å²) in [5, 5.41) is 3.29. The summed E-state index contributed by atoms with van der Waals surface area (Å²) in [5.41, 5.74) is 1.15.